The van der Waals surface area contributed by atoms with Crippen LogP contribution in [0.2, 0.25) is 5.02 Å². The van der Waals surface area contributed by atoms with Crippen molar-refractivity contribution in [2.75, 3.05) is 17.4 Å². The van der Waals surface area contributed by atoms with Gasteiger partial charge in [-0.15, -0.1) is 0 Å². The summed E-state index contributed by atoms with van der Waals surface area (Å²) in [4.78, 5) is 29.3. The largest absolute Gasteiger partial charge is 0.354 e. The predicted octanol–water partition coefficient (Wildman–Crippen LogP) is 6.09. The molecular weight excluding hydrogens is 601 g/mol. The Balaban J connectivity index is 1.80. The lowest BCUT2D eigenvalue weighted by molar-refractivity contribution is -0.140. The van der Waals surface area contributed by atoms with E-state index in [1.54, 1.807) is 36.4 Å². The lowest BCUT2D eigenvalue weighted by atomic mass is 10.0. The van der Waals surface area contributed by atoms with Crippen LogP contribution in [0.1, 0.15) is 25.0 Å². The van der Waals surface area contributed by atoms with E-state index < -0.39 is 40.2 Å². The van der Waals surface area contributed by atoms with Crippen molar-refractivity contribution in [2.45, 2.75) is 37.8 Å². The van der Waals surface area contributed by atoms with Gasteiger partial charge in [0.25, 0.3) is 10.0 Å². The Hall–Kier alpha value is -4.21. The summed E-state index contributed by atoms with van der Waals surface area (Å²) in [5.41, 5.74) is 1.15. The van der Waals surface area contributed by atoms with E-state index in [9.17, 15) is 22.4 Å². The number of hydrogen-bond donors (Lipinski definition) is 1. The van der Waals surface area contributed by atoms with Gasteiger partial charge in [0.15, 0.2) is 0 Å². The third kappa shape index (κ3) is 8.45. The molecule has 0 radical (unpaired) electrons. The highest BCUT2D eigenvalue weighted by atomic mass is 35.5. The summed E-state index contributed by atoms with van der Waals surface area (Å²) >= 11 is 6.24. The van der Waals surface area contributed by atoms with Crippen LogP contribution >= 0.6 is 11.6 Å². The molecule has 1 N–H and O–H groups in total. The van der Waals surface area contributed by atoms with Crippen LogP contribution in [0, 0.1) is 11.7 Å². The maximum absolute atomic E-state index is 15.0. The van der Waals surface area contributed by atoms with Crippen LogP contribution in [0.3, 0.4) is 0 Å². The Morgan fingerprint density at radius 2 is 1.50 bits per heavy atom. The first-order valence-electron chi connectivity index (χ1n) is 14.2. The zero-order chi connectivity index (χ0) is 31.7. The number of benzene rings is 4. The molecule has 4 aromatic carbocycles. The summed E-state index contributed by atoms with van der Waals surface area (Å²) in [5, 5.41) is 3.19. The molecule has 44 heavy (non-hydrogen) atoms. The van der Waals surface area contributed by atoms with Crippen LogP contribution in [0.4, 0.5) is 10.1 Å². The third-order valence-corrected chi connectivity index (χ3v) is 8.98. The molecule has 4 rings (SSSR count). The Bertz CT molecular complexity index is 1670. The minimum absolute atomic E-state index is 0.0241. The lowest BCUT2D eigenvalue weighted by Gasteiger charge is -2.34. The van der Waals surface area contributed by atoms with Gasteiger partial charge in [0.1, 0.15) is 18.4 Å². The lowest BCUT2D eigenvalue weighted by Crippen LogP contribution is -2.53. The number of sulfonamides is 1. The van der Waals surface area contributed by atoms with Gasteiger partial charge in [0, 0.05) is 30.1 Å². The number of halogens is 2. The van der Waals surface area contributed by atoms with Crippen molar-refractivity contribution in [3.05, 3.63) is 131 Å². The van der Waals surface area contributed by atoms with Crippen LogP contribution in [0.5, 0.6) is 0 Å². The van der Waals surface area contributed by atoms with Crippen LogP contribution in [-0.2, 0) is 32.6 Å². The van der Waals surface area contributed by atoms with E-state index in [1.807, 2.05) is 44.2 Å². The number of anilines is 1. The van der Waals surface area contributed by atoms with Crippen LogP contribution in [0.15, 0.2) is 114 Å². The van der Waals surface area contributed by atoms with Crippen molar-refractivity contribution < 1.29 is 22.4 Å². The Morgan fingerprint density at radius 1 is 0.864 bits per heavy atom. The van der Waals surface area contributed by atoms with Crippen molar-refractivity contribution in [1.29, 1.82) is 0 Å². The van der Waals surface area contributed by atoms with Gasteiger partial charge >= 0.3 is 0 Å². The molecular formula is C34H35ClFN3O4S. The van der Waals surface area contributed by atoms with Gasteiger partial charge in [-0.25, -0.2) is 12.8 Å². The minimum atomic E-state index is -4.25. The standard InChI is InChI=1S/C34H35ClFN3O4S/c1-25(2)22-37-34(41)32(20-26-12-5-3-6-13-26)38(23-27-14-9-10-19-31(27)36)33(40)24-39(29-16-11-15-28(35)21-29)44(42,43)30-17-7-4-8-18-30/h3-19,21,25,32H,20,22-24H2,1-2H3,(H,37,41)/t32-/m1/s1. The summed E-state index contributed by atoms with van der Waals surface area (Å²) in [6.07, 6.45) is 0.133. The van der Waals surface area contributed by atoms with E-state index in [-0.39, 0.29) is 40.1 Å². The molecule has 10 heteroatoms. The number of amides is 2. The number of nitrogens with one attached hydrogen (secondary N) is 1. The fourth-order valence-corrected chi connectivity index (χ4v) is 6.28. The van der Waals surface area contributed by atoms with Crippen LogP contribution in [0.25, 0.3) is 0 Å². The average molecular weight is 636 g/mol. The molecule has 0 unspecified atom stereocenters. The fourth-order valence-electron chi connectivity index (χ4n) is 4.67. The molecule has 0 aliphatic rings. The van der Waals surface area contributed by atoms with E-state index in [2.05, 4.69) is 5.32 Å². The Morgan fingerprint density at radius 3 is 2.14 bits per heavy atom. The molecule has 0 saturated carbocycles. The van der Waals surface area contributed by atoms with Gasteiger partial charge in [-0.2, -0.15) is 0 Å². The predicted molar refractivity (Wildman–Crippen MR) is 171 cm³/mol. The van der Waals surface area contributed by atoms with Crippen molar-refractivity contribution >= 4 is 39.1 Å². The van der Waals surface area contributed by atoms with Crippen LogP contribution in [-0.4, -0.2) is 44.3 Å². The average Bonchev–Trinajstić information content (AvgIpc) is 3.02. The number of carbonyl (C=O) groups is 2. The molecule has 0 aliphatic carbocycles. The Kier molecular flexibility index (Phi) is 11.1. The number of nitrogens with zero attached hydrogens (tertiary/aromatic N) is 2. The highest BCUT2D eigenvalue weighted by Crippen LogP contribution is 2.27. The molecule has 1 atom stereocenters. The van der Waals surface area contributed by atoms with Gasteiger partial charge in [0.05, 0.1) is 10.6 Å². The van der Waals surface area contributed by atoms with E-state index in [0.29, 0.717) is 6.54 Å². The fraction of sp³-hybridized carbons (Fsp3) is 0.235. The SMILES string of the molecule is CC(C)CNC(=O)[C@@H](Cc1ccccc1)N(Cc1ccccc1F)C(=O)CN(c1cccc(Cl)c1)S(=O)(=O)c1ccccc1. The maximum Gasteiger partial charge on any atom is 0.264 e. The van der Waals surface area contributed by atoms with Crippen molar-refractivity contribution in [2.24, 2.45) is 5.92 Å². The van der Waals surface area contributed by atoms with Gasteiger partial charge in [-0.1, -0.05) is 98.2 Å². The molecule has 230 valence electrons. The van der Waals surface area contributed by atoms with E-state index >= 15 is 0 Å². The molecule has 4 aromatic rings. The zero-order valence-electron chi connectivity index (χ0n) is 24.6. The summed E-state index contributed by atoms with van der Waals surface area (Å²) in [7, 11) is -4.25. The number of carbonyl (C=O) groups excluding carboxylic acids is 2. The first kappa shape index (κ1) is 32.7. The quantitative estimate of drug-likeness (QED) is 0.193. The smallest absolute Gasteiger partial charge is 0.264 e. The molecule has 0 aromatic heterocycles. The first-order valence-corrected chi connectivity index (χ1v) is 16.1. The summed E-state index contributed by atoms with van der Waals surface area (Å²) in [6, 6.07) is 28.0. The molecule has 7 nitrogen and oxygen atoms in total. The van der Waals surface area contributed by atoms with E-state index in [0.717, 1.165) is 9.87 Å². The van der Waals surface area contributed by atoms with Gasteiger partial charge in [-0.05, 0) is 47.9 Å². The third-order valence-electron chi connectivity index (χ3n) is 6.96. The number of rotatable bonds is 13. The molecule has 0 aliphatic heterocycles. The van der Waals surface area contributed by atoms with E-state index in [4.69, 9.17) is 11.6 Å². The molecule has 0 heterocycles. The zero-order valence-corrected chi connectivity index (χ0v) is 26.1. The first-order chi connectivity index (χ1) is 21.1. The normalized spacial score (nSPS) is 12.0. The monoisotopic (exact) mass is 635 g/mol. The van der Waals surface area contributed by atoms with Crippen molar-refractivity contribution in [1.82, 2.24) is 10.2 Å². The van der Waals surface area contributed by atoms with Gasteiger partial charge in [0.2, 0.25) is 11.8 Å². The van der Waals surface area contributed by atoms with Crippen molar-refractivity contribution in [3.63, 3.8) is 0 Å². The summed E-state index contributed by atoms with van der Waals surface area (Å²) in [6.45, 7) is 3.35. The Labute approximate surface area is 263 Å². The molecule has 0 saturated heterocycles. The molecule has 2 amide bonds. The van der Waals surface area contributed by atoms with E-state index in [1.165, 1.54) is 47.4 Å². The second-order valence-corrected chi connectivity index (χ2v) is 13.1. The second-order valence-electron chi connectivity index (χ2n) is 10.8. The molecule has 0 spiro atoms. The second kappa shape index (κ2) is 15.0. The molecule has 0 bridgehead atoms. The summed E-state index contributed by atoms with van der Waals surface area (Å²) < 4.78 is 43.9. The van der Waals surface area contributed by atoms with Crippen LogP contribution < -0.4 is 9.62 Å². The van der Waals surface area contributed by atoms with Crippen molar-refractivity contribution in [3.8, 4) is 0 Å². The number of hydrogen-bond acceptors (Lipinski definition) is 4. The highest BCUT2D eigenvalue weighted by Gasteiger charge is 2.35. The van der Waals surface area contributed by atoms with Gasteiger partial charge in [-0.3, -0.25) is 13.9 Å². The van der Waals surface area contributed by atoms with Gasteiger partial charge < -0.3 is 10.2 Å². The molecule has 0 fully saturated rings. The topological polar surface area (TPSA) is 86.8 Å². The maximum atomic E-state index is 15.0. The highest BCUT2D eigenvalue weighted by molar-refractivity contribution is 7.92. The summed E-state index contributed by atoms with van der Waals surface area (Å²) in [5.74, 6) is -1.52. The minimum Gasteiger partial charge on any atom is -0.354 e.